The van der Waals surface area contributed by atoms with Crippen LogP contribution in [0.25, 0.3) is 0 Å². The van der Waals surface area contributed by atoms with Crippen LogP contribution in [0.5, 0.6) is 11.5 Å². The van der Waals surface area contributed by atoms with Gasteiger partial charge in [0, 0.05) is 11.8 Å². The fourth-order valence-electron chi connectivity index (χ4n) is 4.52. The van der Waals surface area contributed by atoms with Crippen LogP contribution in [-0.2, 0) is 14.4 Å². The minimum Gasteiger partial charge on any atom is -0.477 e. The van der Waals surface area contributed by atoms with Crippen molar-refractivity contribution in [3.63, 3.8) is 0 Å². The van der Waals surface area contributed by atoms with E-state index in [1.807, 2.05) is 19.9 Å². The van der Waals surface area contributed by atoms with Crippen LogP contribution in [0.15, 0.2) is 18.2 Å². The summed E-state index contributed by atoms with van der Waals surface area (Å²) in [6, 6.07) is 4.41. The Labute approximate surface area is 171 Å². The van der Waals surface area contributed by atoms with E-state index in [0.29, 0.717) is 43.9 Å². The average molecular weight is 404 g/mol. The standard InChI is InChI=1S/C22H29NO6/c1-5-10-23(20(25)19(24)22(3,4)6-2)11-9-15(18(23)21(26)27)14-7-8-16-17(12-14)29-13-28-16/h7-8,12,15,18H,5-6,9-11,13H2,1-4H3/p+1/t15?,18-,23?/m0/s1. The van der Waals surface area contributed by atoms with Crippen LogP contribution in [0, 0.1) is 5.41 Å². The fourth-order valence-corrected chi connectivity index (χ4v) is 4.52. The predicted octanol–water partition coefficient (Wildman–Crippen LogP) is 3.11. The lowest BCUT2D eigenvalue weighted by Gasteiger charge is -2.37. The van der Waals surface area contributed by atoms with Crippen LogP contribution < -0.4 is 9.47 Å². The maximum atomic E-state index is 13.5. The first-order chi connectivity index (χ1) is 13.7. The lowest BCUT2D eigenvalue weighted by molar-refractivity contribution is -0.855. The summed E-state index contributed by atoms with van der Waals surface area (Å²) in [6.07, 6.45) is 1.65. The van der Waals surface area contributed by atoms with E-state index in [0.717, 1.165) is 5.56 Å². The number of carbonyl (C=O) groups excluding carboxylic acids is 2. The number of amides is 1. The van der Waals surface area contributed by atoms with Gasteiger partial charge in [0.05, 0.1) is 19.0 Å². The van der Waals surface area contributed by atoms with Gasteiger partial charge in [-0.15, -0.1) is 0 Å². The van der Waals surface area contributed by atoms with Gasteiger partial charge in [-0.3, -0.25) is 4.79 Å². The monoisotopic (exact) mass is 404 g/mol. The Hall–Kier alpha value is -2.41. The molecule has 0 radical (unpaired) electrons. The number of benzene rings is 1. The van der Waals surface area contributed by atoms with Crippen LogP contribution in [0.2, 0.25) is 0 Å². The van der Waals surface area contributed by atoms with E-state index in [1.54, 1.807) is 26.0 Å². The van der Waals surface area contributed by atoms with Crippen LogP contribution in [-0.4, -0.2) is 53.2 Å². The molecule has 2 unspecified atom stereocenters. The lowest BCUT2D eigenvalue weighted by Crippen LogP contribution is -2.63. The third kappa shape index (κ3) is 3.52. The van der Waals surface area contributed by atoms with Gasteiger partial charge in [-0.05, 0) is 30.5 Å². The number of carboxylic acid groups (broad SMARTS) is 1. The van der Waals surface area contributed by atoms with Gasteiger partial charge in [-0.1, -0.05) is 33.8 Å². The zero-order chi connectivity index (χ0) is 21.4. The SMILES string of the molecule is CCC[N+]1(C(=O)C(=O)C(C)(C)CC)CCC(c2ccc3c(c2)OCO3)[C@H]1C(=O)O. The summed E-state index contributed by atoms with van der Waals surface area (Å²) >= 11 is 0. The molecule has 7 heteroatoms. The molecule has 1 aromatic carbocycles. The highest BCUT2D eigenvalue weighted by molar-refractivity contribution is 6.35. The van der Waals surface area contributed by atoms with Gasteiger partial charge >= 0.3 is 11.9 Å². The number of hydrogen-bond acceptors (Lipinski definition) is 5. The molecule has 0 saturated carbocycles. The van der Waals surface area contributed by atoms with Gasteiger partial charge in [0.1, 0.15) is 0 Å². The second-order valence-electron chi connectivity index (χ2n) is 8.64. The number of hydrogen-bond donors (Lipinski definition) is 1. The van der Waals surface area contributed by atoms with Crippen molar-refractivity contribution in [2.24, 2.45) is 5.41 Å². The Morgan fingerprint density at radius 2 is 1.86 bits per heavy atom. The van der Waals surface area contributed by atoms with Crippen LogP contribution in [0.3, 0.4) is 0 Å². The lowest BCUT2D eigenvalue weighted by atomic mass is 9.83. The molecule has 1 fully saturated rings. The molecule has 1 aromatic rings. The van der Waals surface area contributed by atoms with Crippen molar-refractivity contribution in [3.05, 3.63) is 23.8 Å². The molecule has 0 aliphatic carbocycles. The molecule has 0 bridgehead atoms. The minimum atomic E-state index is -1.05. The Kier molecular flexibility index (Phi) is 5.72. The number of likely N-dealkylation sites (tertiary alicyclic amines) is 1. The quantitative estimate of drug-likeness (QED) is 0.555. The molecule has 0 spiro atoms. The first-order valence-corrected chi connectivity index (χ1v) is 10.3. The Bertz CT molecular complexity index is 833. The zero-order valence-electron chi connectivity index (χ0n) is 17.6. The first kappa shape index (κ1) is 21.3. The summed E-state index contributed by atoms with van der Waals surface area (Å²) in [4.78, 5) is 38.9. The third-order valence-corrected chi connectivity index (χ3v) is 6.55. The molecule has 1 amide bonds. The highest BCUT2D eigenvalue weighted by Crippen LogP contribution is 2.44. The summed E-state index contributed by atoms with van der Waals surface area (Å²) in [5, 5.41) is 10.2. The number of ether oxygens (including phenoxy) is 2. The number of nitrogens with zero attached hydrogens (tertiary/aromatic N) is 1. The first-order valence-electron chi connectivity index (χ1n) is 10.3. The van der Waals surface area contributed by atoms with E-state index < -0.39 is 29.1 Å². The van der Waals surface area contributed by atoms with Crippen LogP contribution in [0.1, 0.15) is 58.4 Å². The molecular formula is C22H30NO6+. The number of ketones is 1. The summed E-state index contributed by atoms with van der Waals surface area (Å²) in [7, 11) is 0. The van der Waals surface area contributed by atoms with Crippen LogP contribution >= 0.6 is 0 Å². The van der Waals surface area contributed by atoms with Crippen molar-refractivity contribution in [1.29, 1.82) is 0 Å². The molecule has 3 atom stereocenters. The molecule has 2 heterocycles. The zero-order valence-corrected chi connectivity index (χ0v) is 17.6. The number of quaternary nitrogens is 1. The topological polar surface area (TPSA) is 89.9 Å². The smallest absolute Gasteiger partial charge is 0.383 e. The van der Waals surface area contributed by atoms with Gasteiger partial charge in [-0.2, -0.15) is 0 Å². The molecule has 158 valence electrons. The van der Waals surface area contributed by atoms with E-state index in [2.05, 4.69) is 0 Å². The maximum Gasteiger partial charge on any atom is 0.383 e. The van der Waals surface area contributed by atoms with Gasteiger partial charge < -0.3 is 14.6 Å². The summed E-state index contributed by atoms with van der Waals surface area (Å²) in [5.41, 5.74) is -0.0107. The predicted molar refractivity (Wildman–Crippen MR) is 106 cm³/mol. The molecule has 2 aliphatic rings. The Morgan fingerprint density at radius 1 is 1.17 bits per heavy atom. The number of rotatable bonds is 7. The second-order valence-corrected chi connectivity index (χ2v) is 8.64. The maximum absolute atomic E-state index is 13.5. The van der Waals surface area contributed by atoms with Crippen molar-refractivity contribution < 1.29 is 33.4 Å². The third-order valence-electron chi connectivity index (χ3n) is 6.55. The molecule has 0 aromatic heterocycles. The number of Topliss-reactive ketones (excluding diaryl/α,β-unsaturated/α-hetero) is 1. The molecule has 1 saturated heterocycles. The molecule has 2 aliphatic heterocycles. The van der Waals surface area contributed by atoms with Crippen LogP contribution in [0.4, 0.5) is 0 Å². The number of carboxylic acids is 1. The number of aliphatic carboxylic acids is 1. The summed E-state index contributed by atoms with van der Waals surface area (Å²) in [5.74, 6) is -1.27. The van der Waals surface area contributed by atoms with Crippen molar-refractivity contribution in [3.8, 4) is 11.5 Å². The van der Waals surface area contributed by atoms with Gasteiger partial charge in [-0.25, -0.2) is 14.1 Å². The fraction of sp³-hybridized carbons (Fsp3) is 0.591. The normalized spacial score (nSPS) is 25.8. The van der Waals surface area contributed by atoms with Crippen molar-refractivity contribution in [1.82, 2.24) is 0 Å². The van der Waals surface area contributed by atoms with Crippen molar-refractivity contribution >= 4 is 17.7 Å². The van der Waals surface area contributed by atoms with E-state index in [4.69, 9.17) is 9.47 Å². The summed E-state index contributed by atoms with van der Waals surface area (Å²) in [6.45, 7) is 8.09. The summed E-state index contributed by atoms with van der Waals surface area (Å²) < 4.78 is 10.5. The second kappa shape index (κ2) is 7.78. The van der Waals surface area contributed by atoms with Crippen molar-refractivity contribution in [2.45, 2.75) is 58.9 Å². The van der Waals surface area contributed by atoms with E-state index in [9.17, 15) is 19.5 Å². The highest BCUT2D eigenvalue weighted by atomic mass is 16.7. The Morgan fingerprint density at radius 3 is 2.48 bits per heavy atom. The average Bonchev–Trinajstić information content (AvgIpc) is 3.31. The van der Waals surface area contributed by atoms with Gasteiger partial charge in [0.15, 0.2) is 11.5 Å². The molecule has 7 nitrogen and oxygen atoms in total. The molecule has 1 N–H and O–H groups in total. The number of carbonyl (C=O) groups is 3. The minimum absolute atomic E-state index is 0.140. The molecule has 3 rings (SSSR count). The molecular weight excluding hydrogens is 374 g/mol. The Balaban J connectivity index is 2.02. The van der Waals surface area contributed by atoms with Gasteiger partial charge in [0.2, 0.25) is 12.8 Å². The van der Waals surface area contributed by atoms with E-state index in [-0.39, 0.29) is 17.2 Å². The largest absolute Gasteiger partial charge is 0.477 e. The van der Waals surface area contributed by atoms with E-state index >= 15 is 0 Å². The van der Waals surface area contributed by atoms with Crippen molar-refractivity contribution in [2.75, 3.05) is 19.9 Å². The molecule has 29 heavy (non-hydrogen) atoms. The highest BCUT2D eigenvalue weighted by Gasteiger charge is 2.60. The number of fused-ring (bicyclic) bond motifs is 1. The van der Waals surface area contributed by atoms with Gasteiger partial charge in [0.25, 0.3) is 5.78 Å². The van der Waals surface area contributed by atoms with E-state index in [1.165, 1.54) is 0 Å².